The minimum atomic E-state index is -4.01. The summed E-state index contributed by atoms with van der Waals surface area (Å²) >= 11 is 0. The van der Waals surface area contributed by atoms with Crippen LogP contribution in [-0.2, 0) is 19.9 Å². The molecule has 1 aliphatic rings. The van der Waals surface area contributed by atoms with Crippen LogP contribution in [0.15, 0.2) is 82.8 Å². The van der Waals surface area contributed by atoms with Gasteiger partial charge in [-0.2, -0.15) is 0 Å². The first-order chi connectivity index (χ1) is 14.9. The van der Waals surface area contributed by atoms with E-state index < -0.39 is 25.1 Å². The van der Waals surface area contributed by atoms with E-state index in [0.717, 1.165) is 0 Å². The summed E-state index contributed by atoms with van der Waals surface area (Å²) in [7, 11) is -7.89. The Balaban J connectivity index is 1.64. The third-order valence-electron chi connectivity index (χ3n) is 4.79. The Morgan fingerprint density at radius 1 is 0.871 bits per heavy atom. The Morgan fingerprint density at radius 3 is 2.32 bits per heavy atom. The Labute approximate surface area is 180 Å². The predicted octanol–water partition coefficient (Wildman–Crippen LogP) is 2.35. The third kappa shape index (κ3) is 4.55. The average Bonchev–Trinajstić information content (AvgIpc) is 2.80. The summed E-state index contributed by atoms with van der Waals surface area (Å²) in [5, 5.41) is -1.16. The molecule has 0 amide bonds. The molecule has 10 heteroatoms. The molecule has 1 atom stereocenters. The van der Waals surface area contributed by atoms with E-state index in [1.807, 2.05) is 0 Å². The minimum Gasteiger partial charge on any atom is -0.486 e. The second kappa shape index (κ2) is 8.66. The second-order valence-corrected chi connectivity index (χ2v) is 10.7. The van der Waals surface area contributed by atoms with E-state index in [4.69, 9.17) is 9.47 Å². The van der Waals surface area contributed by atoms with Crippen LogP contribution >= 0.6 is 0 Å². The van der Waals surface area contributed by atoms with Crippen molar-refractivity contribution in [3.05, 3.63) is 78.6 Å². The molecule has 0 saturated heterocycles. The topological polar surface area (TPSA) is 112 Å². The maximum atomic E-state index is 13.3. The van der Waals surface area contributed by atoms with Crippen molar-refractivity contribution in [2.45, 2.75) is 15.0 Å². The molecule has 0 radical (unpaired) electrons. The van der Waals surface area contributed by atoms with Crippen molar-refractivity contribution in [1.29, 1.82) is 0 Å². The van der Waals surface area contributed by atoms with Crippen molar-refractivity contribution in [1.82, 2.24) is 9.71 Å². The molecular weight excluding hydrogens is 440 g/mol. The highest BCUT2D eigenvalue weighted by molar-refractivity contribution is 7.92. The van der Waals surface area contributed by atoms with Gasteiger partial charge in [-0.25, -0.2) is 21.6 Å². The Morgan fingerprint density at radius 2 is 1.61 bits per heavy atom. The molecule has 8 nitrogen and oxygen atoms in total. The molecule has 31 heavy (non-hydrogen) atoms. The van der Waals surface area contributed by atoms with Crippen LogP contribution in [0.4, 0.5) is 0 Å². The van der Waals surface area contributed by atoms with Gasteiger partial charge < -0.3 is 9.47 Å². The first kappa shape index (κ1) is 21.3. The average molecular weight is 461 g/mol. The summed E-state index contributed by atoms with van der Waals surface area (Å²) in [5.41, 5.74) is 0.385. The van der Waals surface area contributed by atoms with Gasteiger partial charge in [-0.1, -0.05) is 24.3 Å². The molecule has 0 fully saturated rings. The molecule has 0 spiro atoms. The van der Waals surface area contributed by atoms with Gasteiger partial charge in [-0.3, -0.25) is 4.98 Å². The molecule has 0 bridgehead atoms. The molecule has 1 aromatic heterocycles. The number of benzene rings is 2. The van der Waals surface area contributed by atoms with E-state index in [1.54, 1.807) is 30.3 Å². The number of aromatic nitrogens is 1. The molecule has 0 aliphatic carbocycles. The number of nitrogens with zero attached hydrogens (tertiary/aromatic N) is 1. The maximum Gasteiger partial charge on any atom is 0.240 e. The van der Waals surface area contributed by atoms with Crippen LogP contribution in [0.25, 0.3) is 0 Å². The Bertz CT molecular complexity index is 1260. The van der Waals surface area contributed by atoms with Gasteiger partial charge in [0.05, 0.1) is 9.79 Å². The van der Waals surface area contributed by atoms with E-state index in [-0.39, 0.29) is 16.3 Å². The summed E-state index contributed by atoms with van der Waals surface area (Å²) in [6.07, 6.45) is 2.94. The van der Waals surface area contributed by atoms with Crippen molar-refractivity contribution in [3.8, 4) is 11.5 Å². The zero-order chi connectivity index (χ0) is 21.9. The van der Waals surface area contributed by atoms with Crippen LogP contribution in [0.5, 0.6) is 11.5 Å². The first-order valence-electron chi connectivity index (χ1n) is 9.46. The van der Waals surface area contributed by atoms with Crippen molar-refractivity contribution < 1.29 is 26.3 Å². The number of sulfonamides is 1. The molecule has 1 aliphatic heterocycles. The molecule has 0 saturated carbocycles. The molecule has 1 N–H and O–H groups in total. The van der Waals surface area contributed by atoms with Crippen LogP contribution < -0.4 is 14.2 Å². The Kier molecular flexibility index (Phi) is 5.94. The second-order valence-electron chi connectivity index (χ2n) is 6.79. The molecule has 1 unspecified atom stereocenters. The molecule has 2 aromatic carbocycles. The highest BCUT2D eigenvalue weighted by Gasteiger charge is 2.31. The number of hydrogen-bond donors (Lipinski definition) is 1. The summed E-state index contributed by atoms with van der Waals surface area (Å²) < 4.78 is 65.6. The van der Waals surface area contributed by atoms with Crippen molar-refractivity contribution in [2.75, 3.05) is 19.8 Å². The highest BCUT2D eigenvalue weighted by atomic mass is 32.2. The lowest BCUT2D eigenvalue weighted by Gasteiger charge is -2.20. The number of pyridine rings is 1. The fraction of sp³-hybridized carbons (Fsp3) is 0.190. The standard InChI is InChI=1S/C21H20N2O6S2/c24-30(25,17-6-2-1-3-7-17)21(16-5-4-10-22-14-16)15-23-31(26,27)18-8-9-19-20(13-18)29-12-11-28-19/h1-10,13-14,21,23H,11-12,15H2. The first-order valence-corrected chi connectivity index (χ1v) is 12.5. The predicted molar refractivity (Wildman–Crippen MR) is 113 cm³/mol. The zero-order valence-corrected chi connectivity index (χ0v) is 18.0. The largest absolute Gasteiger partial charge is 0.486 e. The van der Waals surface area contributed by atoms with Crippen LogP contribution in [0.2, 0.25) is 0 Å². The van der Waals surface area contributed by atoms with Gasteiger partial charge in [0.25, 0.3) is 0 Å². The lowest BCUT2D eigenvalue weighted by molar-refractivity contribution is 0.171. The fourth-order valence-corrected chi connectivity index (χ4v) is 6.04. The van der Waals surface area contributed by atoms with Crippen molar-refractivity contribution >= 4 is 19.9 Å². The van der Waals surface area contributed by atoms with Gasteiger partial charge >= 0.3 is 0 Å². The summed E-state index contributed by atoms with van der Waals surface area (Å²) in [5.74, 6) is 0.792. The van der Waals surface area contributed by atoms with Gasteiger partial charge in [0, 0.05) is 25.0 Å². The smallest absolute Gasteiger partial charge is 0.240 e. The number of rotatable bonds is 7. The van der Waals surface area contributed by atoms with Crippen LogP contribution in [-0.4, -0.2) is 41.6 Å². The normalized spacial score (nSPS) is 14.7. The van der Waals surface area contributed by atoms with Gasteiger partial charge in [0.15, 0.2) is 21.3 Å². The quantitative estimate of drug-likeness (QED) is 0.576. The summed E-state index contributed by atoms with van der Waals surface area (Å²) in [4.78, 5) is 4.05. The minimum absolute atomic E-state index is 0.0428. The fourth-order valence-electron chi connectivity index (χ4n) is 3.21. The number of ether oxygens (including phenoxy) is 2. The summed E-state index contributed by atoms with van der Waals surface area (Å²) in [6, 6.07) is 15.4. The van der Waals surface area contributed by atoms with Gasteiger partial charge in [0.2, 0.25) is 10.0 Å². The van der Waals surface area contributed by atoms with E-state index >= 15 is 0 Å². The molecule has 2 heterocycles. The van der Waals surface area contributed by atoms with Crippen molar-refractivity contribution in [3.63, 3.8) is 0 Å². The SMILES string of the molecule is O=S(=O)(NCC(c1cccnc1)S(=O)(=O)c1ccccc1)c1ccc2c(c1)OCCO2. The molecular formula is C21H20N2O6S2. The van der Waals surface area contributed by atoms with E-state index in [2.05, 4.69) is 9.71 Å². The highest BCUT2D eigenvalue weighted by Crippen LogP contribution is 2.33. The number of nitrogens with one attached hydrogen (secondary N) is 1. The van der Waals surface area contributed by atoms with Crippen LogP contribution in [0.1, 0.15) is 10.8 Å². The molecule has 3 aromatic rings. The maximum absolute atomic E-state index is 13.3. The van der Waals surface area contributed by atoms with E-state index in [1.165, 1.54) is 42.7 Å². The van der Waals surface area contributed by atoms with Gasteiger partial charge in [0.1, 0.15) is 18.5 Å². The number of hydrogen-bond acceptors (Lipinski definition) is 7. The lowest BCUT2D eigenvalue weighted by atomic mass is 10.2. The van der Waals surface area contributed by atoms with Crippen LogP contribution in [0.3, 0.4) is 0 Å². The number of fused-ring (bicyclic) bond motifs is 1. The van der Waals surface area contributed by atoms with Crippen molar-refractivity contribution in [2.24, 2.45) is 0 Å². The monoisotopic (exact) mass is 460 g/mol. The molecule has 162 valence electrons. The molecule has 4 rings (SSSR count). The van der Waals surface area contributed by atoms with Gasteiger partial charge in [-0.15, -0.1) is 0 Å². The lowest BCUT2D eigenvalue weighted by Crippen LogP contribution is -2.32. The number of sulfone groups is 1. The van der Waals surface area contributed by atoms with Gasteiger partial charge in [-0.05, 0) is 35.9 Å². The van der Waals surface area contributed by atoms with E-state index in [9.17, 15) is 16.8 Å². The Hall–Kier alpha value is -2.95. The third-order valence-corrected chi connectivity index (χ3v) is 8.32. The zero-order valence-electron chi connectivity index (χ0n) is 16.3. The van der Waals surface area contributed by atoms with E-state index in [0.29, 0.717) is 30.3 Å². The summed E-state index contributed by atoms with van der Waals surface area (Å²) in [6.45, 7) is 0.351. The van der Waals surface area contributed by atoms with Crippen LogP contribution in [0, 0.1) is 0 Å².